The number of hydrogen-bond acceptors (Lipinski definition) is 3. The van der Waals surface area contributed by atoms with E-state index < -0.39 is 0 Å². The standard InChI is InChI=1S/C17H22N4O2/c1-3-20-6-8-21(9-7-20)17(23)19-15-11-18-14-5-4-12(2)10-13(14)16(15)22/h4-5,10-11H,3,6-9H2,1-2H3,(H,18,22)(H,19,23). The van der Waals surface area contributed by atoms with Crippen molar-refractivity contribution in [2.75, 3.05) is 38.0 Å². The number of aromatic amines is 1. The summed E-state index contributed by atoms with van der Waals surface area (Å²) in [6, 6.07) is 5.45. The van der Waals surface area contributed by atoms with Gasteiger partial charge in [0.2, 0.25) is 5.43 Å². The first kappa shape index (κ1) is 15.6. The fraction of sp³-hybridized carbons (Fsp3) is 0.412. The number of aromatic nitrogens is 1. The number of benzene rings is 1. The highest BCUT2D eigenvalue weighted by Crippen LogP contribution is 2.13. The molecule has 0 atom stereocenters. The Morgan fingerprint density at radius 3 is 2.70 bits per heavy atom. The van der Waals surface area contributed by atoms with Crippen LogP contribution in [0.2, 0.25) is 0 Å². The molecule has 1 saturated heterocycles. The summed E-state index contributed by atoms with van der Waals surface area (Å²) < 4.78 is 0. The van der Waals surface area contributed by atoms with Crippen LogP contribution < -0.4 is 10.7 Å². The van der Waals surface area contributed by atoms with Crippen LogP contribution in [0.25, 0.3) is 10.9 Å². The van der Waals surface area contributed by atoms with Crippen LogP contribution in [0.3, 0.4) is 0 Å². The van der Waals surface area contributed by atoms with Crippen LogP contribution in [0.15, 0.2) is 29.2 Å². The molecule has 0 radical (unpaired) electrons. The number of H-pyrrole nitrogens is 1. The highest BCUT2D eigenvalue weighted by molar-refractivity contribution is 5.92. The average molecular weight is 314 g/mol. The fourth-order valence-electron chi connectivity index (χ4n) is 2.89. The number of likely N-dealkylation sites (N-methyl/N-ethyl adjacent to an activating group) is 1. The van der Waals surface area contributed by atoms with E-state index in [2.05, 4.69) is 22.1 Å². The number of fused-ring (bicyclic) bond motifs is 1. The Morgan fingerprint density at radius 1 is 1.26 bits per heavy atom. The van der Waals surface area contributed by atoms with E-state index >= 15 is 0 Å². The number of carbonyl (C=O) groups excluding carboxylic acids is 1. The summed E-state index contributed by atoms with van der Waals surface area (Å²) in [6.07, 6.45) is 1.57. The Kier molecular flexibility index (Phi) is 4.34. The van der Waals surface area contributed by atoms with Crippen molar-refractivity contribution in [1.82, 2.24) is 14.8 Å². The molecule has 2 heterocycles. The van der Waals surface area contributed by atoms with Crippen LogP contribution in [0.5, 0.6) is 0 Å². The van der Waals surface area contributed by atoms with Crippen LogP contribution in [0.1, 0.15) is 12.5 Å². The van der Waals surface area contributed by atoms with Gasteiger partial charge in [-0.05, 0) is 25.6 Å². The highest BCUT2D eigenvalue weighted by Gasteiger charge is 2.21. The maximum Gasteiger partial charge on any atom is 0.322 e. The number of nitrogens with one attached hydrogen (secondary N) is 2. The molecule has 6 nitrogen and oxygen atoms in total. The Hall–Kier alpha value is -2.34. The SMILES string of the molecule is CCN1CCN(C(=O)Nc2c[nH]c3ccc(C)cc3c2=O)CC1. The molecule has 1 aromatic carbocycles. The molecule has 6 heteroatoms. The van der Waals surface area contributed by atoms with Gasteiger partial charge in [0, 0.05) is 43.3 Å². The van der Waals surface area contributed by atoms with Crippen molar-refractivity contribution in [3.63, 3.8) is 0 Å². The van der Waals surface area contributed by atoms with E-state index in [4.69, 9.17) is 0 Å². The Bertz CT molecular complexity index is 776. The van der Waals surface area contributed by atoms with E-state index in [1.54, 1.807) is 11.1 Å². The zero-order valence-corrected chi connectivity index (χ0v) is 13.6. The molecule has 122 valence electrons. The summed E-state index contributed by atoms with van der Waals surface area (Å²) in [7, 11) is 0. The first-order chi connectivity index (χ1) is 11.1. The molecule has 1 fully saturated rings. The number of amides is 2. The van der Waals surface area contributed by atoms with Crippen molar-refractivity contribution >= 4 is 22.6 Å². The fourth-order valence-corrected chi connectivity index (χ4v) is 2.89. The zero-order chi connectivity index (χ0) is 16.4. The highest BCUT2D eigenvalue weighted by atomic mass is 16.2. The Balaban J connectivity index is 1.78. The lowest BCUT2D eigenvalue weighted by Crippen LogP contribution is -2.50. The zero-order valence-electron chi connectivity index (χ0n) is 13.6. The van der Waals surface area contributed by atoms with Crippen molar-refractivity contribution in [1.29, 1.82) is 0 Å². The molecule has 2 amide bonds. The Morgan fingerprint density at radius 2 is 2.00 bits per heavy atom. The van der Waals surface area contributed by atoms with Gasteiger partial charge in [0.25, 0.3) is 0 Å². The van der Waals surface area contributed by atoms with E-state index in [1.807, 2.05) is 25.1 Å². The molecule has 0 spiro atoms. The van der Waals surface area contributed by atoms with Gasteiger partial charge in [-0.1, -0.05) is 18.6 Å². The summed E-state index contributed by atoms with van der Waals surface area (Å²) >= 11 is 0. The van der Waals surface area contributed by atoms with Crippen molar-refractivity contribution < 1.29 is 4.79 Å². The van der Waals surface area contributed by atoms with Gasteiger partial charge in [0.15, 0.2) is 0 Å². The first-order valence-electron chi connectivity index (χ1n) is 7.99. The normalized spacial score (nSPS) is 15.8. The number of rotatable bonds is 2. The van der Waals surface area contributed by atoms with Crippen LogP contribution in [-0.4, -0.2) is 53.5 Å². The average Bonchev–Trinajstić information content (AvgIpc) is 2.58. The van der Waals surface area contributed by atoms with E-state index in [1.165, 1.54) is 0 Å². The molecule has 0 saturated carbocycles. The van der Waals surface area contributed by atoms with E-state index in [0.29, 0.717) is 24.2 Å². The summed E-state index contributed by atoms with van der Waals surface area (Å²) in [5, 5.41) is 3.35. The van der Waals surface area contributed by atoms with Gasteiger partial charge >= 0.3 is 6.03 Å². The second kappa shape index (κ2) is 6.42. The van der Waals surface area contributed by atoms with Crippen molar-refractivity contribution in [3.05, 3.63) is 40.2 Å². The van der Waals surface area contributed by atoms with Crippen LogP contribution in [-0.2, 0) is 0 Å². The topological polar surface area (TPSA) is 68.4 Å². The molecular formula is C17H22N4O2. The summed E-state index contributed by atoms with van der Waals surface area (Å²) in [5.74, 6) is 0. The molecular weight excluding hydrogens is 292 g/mol. The minimum atomic E-state index is -0.210. The third kappa shape index (κ3) is 3.22. The van der Waals surface area contributed by atoms with E-state index in [-0.39, 0.29) is 11.5 Å². The predicted molar refractivity (Wildman–Crippen MR) is 92.0 cm³/mol. The second-order valence-electron chi connectivity index (χ2n) is 5.93. The van der Waals surface area contributed by atoms with Gasteiger partial charge in [0.1, 0.15) is 5.69 Å². The minimum absolute atomic E-state index is 0.150. The Labute approximate surface area is 135 Å². The van der Waals surface area contributed by atoms with E-state index in [9.17, 15) is 9.59 Å². The second-order valence-corrected chi connectivity index (χ2v) is 5.93. The molecule has 0 bridgehead atoms. The maximum absolute atomic E-state index is 12.5. The molecule has 2 N–H and O–H groups in total. The van der Waals surface area contributed by atoms with Gasteiger partial charge < -0.3 is 20.1 Å². The quantitative estimate of drug-likeness (QED) is 0.891. The van der Waals surface area contributed by atoms with E-state index in [0.717, 1.165) is 30.7 Å². The minimum Gasteiger partial charge on any atom is -0.359 e. The number of piperazine rings is 1. The largest absolute Gasteiger partial charge is 0.359 e. The monoisotopic (exact) mass is 314 g/mol. The molecule has 23 heavy (non-hydrogen) atoms. The summed E-state index contributed by atoms with van der Waals surface area (Å²) in [6.45, 7) is 8.17. The third-order valence-electron chi connectivity index (χ3n) is 4.38. The van der Waals surface area contributed by atoms with Gasteiger partial charge in [0.05, 0.1) is 0 Å². The summed E-state index contributed by atoms with van der Waals surface area (Å²) in [4.78, 5) is 32.0. The molecule has 2 aromatic rings. The van der Waals surface area contributed by atoms with Crippen LogP contribution in [0.4, 0.5) is 10.5 Å². The van der Waals surface area contributed by atoms with Crippen molar-refractivity contribution in [2.24, 2.45) is 0 Å². The number of anilines is 1. The molecule has 1 aliphatic rings. The smallest absolute Gasteiger partial charge is 0.322 e. The van der Waals surface area contributed by atoms with Gasteiger partial charge in [-0.3, -0.25) is 4.79 Å². The maximum atomic E-state index is 12.5. The lowest BCUT2D eigenvalue weighted by Gasteiger charge is -2.33. The number of pyridine rings is 1. The van der Waals surface area contributed by atoms with Gasteiger partial charge in [-0.25, -0.2) is 4.79 Å². The van der Waals surface area contributed by atoms with Gasteiger partial charge in [-0.2, -0.15) is 0 Å². The lowest BCUT2D eigenvalue weighted by molar-refractivity contribution is 0.151. The molecule has 0 unspecified atom stereocenters. The molecule has 0 aliphatic carbocycles. The number of urea groups is 1. The number of carbonyl (C=O) groups is 1. The van der Waals surface area contributed by atoms with Crippen molar-refractivity contribution in [2.45, 2.75) is 13.8 Å². The number of aryl methyl sites for hydroxylation is 1. The van der Waals surface area contributed by atoms with Gasteiger partial charge in [-0.15, -0.1) is 0 Å². The molecule has 1 aromatic heterocycles. The number of nitrogens with zero attached hydrogens (tertiary/aromatic N) is 2. The van der Waals surface area contributed by atoms with Crippen LogP contribution >= 0.6 is 0 Å². The molecule has 3 rings (SSSR count). The predicted octanol–water partition coefficient (Wildman–Crippen LogP) is 2.01. The summed E-state index contributed by atoms with van der Waals surface area (Å²) in [5.41, 5.74) is 1.94. The van der Waals surface area contributed by atoms with Crippen molar-refractivity contribution in [3.8, 4) is 0 Å². The third-order valence-corrected chi connectivity index (χ3v) is 4.38. The van der Waals surface area contributed by atoms with Crippen LogP contribution in [0, 0.1) is 6.92 Å². The first-order valence-corrected chi connectivity index (χ1v) is 7.99. The lowest BCUT2D eigenvalue weighted by atomic mass is 10.1. The molecule has 1 aliphatic heterocycles. The number of hydrogen-bond donors (Lipinski definition) is 2.